The number of nitrogens with zero attached hydrogens (tertiary/aromatic N) is 4. The number of hydroxylamine groups is 2. The fourth-order valence-corrected chi connectivity index (χ4v) is 2.97. The molecule has 32 heavy (non-hydrogen) atoms. The summed E-state index contributed by atoms with van der Waals surface area (Å²) in [5.74, 6) is 0.463. The third kappa shape index (κ3) is 6.85. The molecule has 2 aromatic heterocycles. The van der Waals surface area contributed by atoms with Crippen molar-refractivity contribution in [3.63, 3.8) is 0 Å². The number of rotatable bonds is 4. The van der Waals surface area contributed by atoms with Crippen LogP contribution in [-0.2, 0) is 10.2 Å². The van der Waals surface area contributed by atoms with E-state index in [-0.39, 0.29) is 12.0 Å². The third-order valence-corrected chi connectivity index (χ3v) is 4.96. The van der Waals surface area contributed by atoms with Gasteiger partial charge in [0.25, 0.3) is 0 Å². The molecule has 3 heterocycles. The maximum Gasteiger partial charge on any atom is 0.242 e. The van der Waals surface area contributed by atoms with Crippen LogP contribution in [0.15, 0.2) is 42.7 Å². The van der Waals surface area contributed by atoms with Gasteiger partial charge in [-0.25, -0.2) is 9.97 Å². The molecule has 0 unspecified atom stereocenters. The number of hydrogen-bond acceptors (Lipinski definition) is 9. The highest BCUT2D eigenvalue weighted by molar-refractivity contribution is 7.79. The van der Waals surface area contributed by atoms with E-state index in [0.717, 1.165) is 22.3 Å². The molecule has 1 fully saturated rings. The molecule has 9 heteroatoms. The van der Waals surface area contributed by atoms with Crippen LogP contribution in [-0.4, -0.2) is 76.6 Å². The van der Waals surface area contributed by atoms with E-state index in [1.54, 1.807) is 25.8 Å². The molecule has 0 atom stereocenters. The minimum Gasteiger partial charge on any atom is -0.479 e. The molecule has 0 aliphatic carbocycles. The Bertz CT molecular complexity index is 964. The summed E-state index contributed by atoms with van der Waals surface area (Å²) in [5, 5.41) is 19.4. The number of methoxy groups -OCH3 is 1. The van der Waals surface area contributed by atoms with Crippen LogP contribution >= 0.6 is 12.6 Å². The molecular formula is C23H32N4O4S. The van der Waals surface area contributed by atoms with Crippen molar-refractivity contribution in [2.24, 2.45) is 0 Å². The van der Waals surface area contributed by atoms with Gasteiger partial charge in [-0.1, -0.05) is 38.1 Å². The van der Waals surface area contributed by atoms with Gasteiger partial charge >= 0.3 is 0 Å². The number of benzene rings is 1. The molecule has 1 saturated heterocycles. The van der Waals surface area contributed by atoms with Crippen LogP contribution < -0.4 is 4.74 Å². The van der Waals surface area contributed by atoms with Crippen LogP contribution in [0.25, 0.3) is 22.3 Å². The summed E-state index contributed by atoms with van der Waals surface area (Å²) in [6, 6.07) is 9.92. The van der Waals surface area contributed by atoms with E-state index in [0.29, 0.717) is 37.7 Å². The van der Waals surface area contributed by atoms with Crippen molar-refractivity contribution in [2.75, 3.05) is 46.3 Å². The van der Waals surface area contributed by atoms with Gasteiger partial charge in [0.2, 0.25) is 5.88 Å². The van der Waals surface area contributed by atoms with E-state index >= 15 is 0 Å². The van der Waals surface area contributed by atoms with Crippen LogP contribution in [0.2, 0.25) is 0 Å². The second-order valence-corrected chi connectivity index (χ2v) is 7.63. The Morgan fingerprint density at radius 3 is 2.25 bits per heavy atom. The zero-order chi connectivity index (χ0) is 23.6. The average Bonchev–Trinajstić information content (AvgIpc) is 2.85. The molecule has 174 valence electrons. The normalized spacial score (nSPS) is 14.1. The topological polar surface area (TPSA) is 101 Å². The van der Waals surface area contributed by atoms with Gasteiger partial charge in [-0.15, -0.1) is 0 Å². The second-order valence-electron chi connectivity index (χ2n) is 7.63. The molecule has 0 spiro atoms. The predicted molar refractivity (Wildman–Crippen MR) is 129 cm³/mol. The maximum absolute atomic E-state index is 9.48. The largest absolute Gasteiger partial charge is 0.479 e. The summed E-state index contributed by atoms with van der Waals surface area (Å²) in [5.41, 5.74) is 3.96. The first kappa shape index (κ1) is 26.0. The number of thiol groups is 1. The molecule has 1 aromatic carbocycles. The summed E-state index contributed by atoms with van der Waals surface area (Å²) >= 11 is 3.53. The Balaban J connectivity index is 0.000000340. The Hall–Kier alpha value is -2.30. The molecule has 0 saturated carbocycles. The second kappa shape index (κ2) is 12.7. The monoisotopic (exact) mass is 460 g/mol. The zero-order valence-corrected chi connectivity index (χ0v) is 19.9. The lowest BCUT2D eigenvalue weighted by molar-refractivity contribution is -0.143. The highest BCUT2D eigenvalue weighted by Crippen LogP contribution is 2.29. The number of fused-ring (bicyclic) bond motifs is 1. The molecular weight excluding hydrogens is 428 g/mol. The summed E-state index contributed by atoms with van der Waals surface area (Å²) in [6.07, 6.45) is 4.97. The van der Waals surface area contributed by atoms with Crippen molar-refractivity contribution < 1.29 is 19.8 Å². The van der Waals surface area contributed by atoms with Crippen molar-refractivity contribution in [1.29, 1.82) is 0 Å². The molecule has 1 aliphatic rings. The first-order chi connectivity index (χ1) is 15.4. The molecule has 8 nitrogen and oxygen atoms in total. The van der Waals surface area contributed by atoms with Gasteiger partial charge in [0, 0.05) is 36.5 Å². The lowest BCUT2D eigenvalue weighted by Gasteiger charge is -2.22. The Morgan fingerprint density at radius 1 is 1.09 bits per heavy atom. The van der Waals surface area contributed by atoms with Gasteiger partial charge in [-0.05, 0) is 17.9 Å². The summed E-state index contributed by atoms with van der Waals surface area (Å²) in [6.45, 7) is 6.75. The van der Waals surface area contributed by atoms with Gasteiger partial charge in [0.1, 0.15) is 0 Å². The molecule has 4 rings (SSSR count). The minimum atomic E-state index is -0.265. The van der Waals surface area contributed by atoms with Crippen molar-refractivity contribution in [3.8, 4) is 17.1 Å². The standard InChI is InChI=1S/C18H19N3O2.C4H9NO2.CH4S/c1-18(2,11-22)13-6-4-12(5-7-13)14-10-15-16(17(21-14)23-3)20-9-8-19-15;6-5-1-3-7-4-2-5;1-2/h4-10,22H,11H2,1-3H3;6H,1-4H2;2H,1H3. The highest BCUT2D eigenvalue weighted by atomic mass is 32.1. The molecule has 0 radical (unpaired) electrons. The van der Waals surface area contributed by atoms with Gasteiger partial charge in [-0.2, -0.15) is 17.7 Å². The Morgan fingerprint density at radius 2 is 1.72 bits per heavy atom. The van der Waals surface area contributed by atoms with Crippen LogP contribution in [0.3, 0.4) is 0 Å². The summed E-state index contributed by atoms with van der Waals surface area (Å²) in [4.78, 5) is 13.1. The van der Waals surface area contributed by atoms with E-state index in [4.69, 9.17) is 14.7 Å². The van der Waals surface area contributed by atoms with Crippen LogP contribution in [0.4, 0.5) is 0 Å². The number of morpholine rings is 1. The number of aliphatic hydroxyl groups is 1. The van der Waals surface area contributed by atoms with Crippen molar-refractivity contribution in [1.82, 2.24) is 20.0 Å². The average molecular weight is 461 g/mol. The summed E-state index contributed by atoms with van der Waals surface area (Å²) < 4.78 is 10.3. The third-order valence-electron chi connectivity index (χ3n) is 4.96. The van der Waals surface area contributed by atoms with Crippen LogP contribution in [0, 0.1) is 0 Å². The lowest BCUT2D eigenvalue weighted by Crippen LogP contribution is -2.33. The smallest absolute Gasteiger partial charge is 0.242 e. The number of aliphatic hydroxyl groups excluding tert-OH is 1. The van der Waals surface area contributed by atoms with Crippen molar-refractivity contribution >= 4 is 23.7 Å². The van der Waals surface area contributed by atoms with Crippen LogP contribution in [0.1, 0.15) is 19.4 Å². The lowest BCUT2D eigenvalue weighted by atomic mass is 9.85. The van der Waals surface area contributed by atoms with Crippen molar-refractivity contribution in [3.05, 3.63) is 48.3 Å². The molecule has 2 N–H and O–H groups in total. The van der Waals surface area contributed by atoms with E-state index in [2.05, 4.69) is 27.6 Å². The Labute approximate surface area is 194 Å². The summed E-state index contributed by atoms with van der Waals surface area (Å²) in [7, 11) is 1.58. The zero-order valence-electron chi connectivity index (χ0n) is 19.0. The Kier molecular flexibility index (Phi) is 10.3. The first-order valence-electron chi connectivity index (χ1n) is 10.3. The quantitative estimate of drug-likeness (QED) is 0.510. The molecule has 1 aliphatic heterocycles. The van der Waals surface area contributed by atoms with E-state index in [9.17, 15) is 5.11 Å². The fourth-order valence-electron chi connectivity index (χ4n) is 2.97. The highest BCUT2D eigenvalue weighted by Gasteiger charge is 2.19. The van der Waals surface area contributed by atoms with Gasteiger partial charge < -0.3 is 19.8 Å². The van der Waals surface area contributed by atoms with E-state index in [1.807, 2.05) is 44.2 Å². The maximum atomic E-state index is 9.48. The minimum absolute atomic E-state index is 0.101. The number of ether oxygens (including phenoxy) is 2. The van der Waals surface area contributed by atoms with Gasteiger partial charge in [-0.3, -0.25) is 4.98 Å². The van der Waals surface area contributed by atoms with Crippen molar-refractivity contribution in [2.45, 2.75) is 19.3 Å². The van der Waals surface area contributed by atoms with Crippen LogP contribution in [0.5, 0.6) is 5.88 Å². The van der Waals surface area contributed by atoms with Gasteiger partial charge in [0.05, 0.1) is 38.1 Å². The van der Waals surface area contributed by atoms with Gasteiger partial charge in [0.15, 0.2) is 5.52 Å². The molecule has 3 aromatic rings. The fraction of sp³-hybridized carbons (Fsp3) is 0.435. The number of hydrogen-bond donors (Lipinski definition) is 3. The predicted octanol–water partition coefficient (Wildman–Crippen LogP) is 3.22. The number of aromatic nitrogens is 3. The number of pyridine rings is 1. The van der Waals surface area contributed by atoms with E-state index in [1.165, 1.54) is 5.06 Å². The molecule has 0 bridgehead atoms. The van der Waals surface area contributed by atoms with E-state index < -0.39 is 0 Å². The SMILES string of the molecule is COc1nc(-c2ccc(C(C)(C)CO)cc2)cc2nccnc12.CS.ON1CCOCC1. The molecule has 0 amide bonds. The first-order valence-corrected chi connectivity index (χ1v) is 11.2.